The summed E-state index contributed by atoms with van der Waals surface area (Å²) in [6.45, 7) is 8.37. The fraction of sp³-hybridized carbons (Fsp3) is 0.355. The van der Waals surface area contributed by atoms with Crippen LogP contribution in [0.5, 0.6) is 0 Å². The lowest BCUT2D eigenvalue weighted by Crippen LogP contribution is -2.51. The monoisotopic (exact) mass is 538 g/mol. The molecule has 0 bridgehead atoms. The van der Waals surface area contributed by atoms with Crippen molar-refractivity contribution in [3.8, 4) is 0 Å². The highest BCUT2D eigenvalue weighted by Gasteiger charge is 2.31. The van der Waals surface area contributed by atoms with Gasteiger partial charge in [0, 0.05) is 35.5 Å². The first-order valence-electron chi connectivity index (χ1n) is 12.8. The number of hydrogen-bond acceptors (Lipinski definition) is 2. The van der Waals surface area contributed by atoms with Gasteiger partial charge in [0.05, 0.1) is 0 Å². The molecule has 0 heterocycles. The number of aryl methyl sites for hydroxylation is 1. The predicted molar refractivity (Wildman–Crippen MR) is 153 cm³/mol. The van der Waals surface area contributed by atoms with Crippen molar-refractivity contribution in [3.63, 3.8) is 0 Å². The summed E-state index contributed by atoms with van der Waals surface area (Å²) in [7, 11) is 0. The zero-order valence-electron chi connectivity index (χ0n) is 22.0. The van der Waals surface area contributed by atoms with Crippen LogP contribution in [0.25, 0.3) is 0 Å². The van der Waals surface area contributed by atoms with Crippen LogP contribution < -0.4 is 5.32 Å². The van der Waals surface area contributed by atoms with Crippen molar-refractivity contribution in [2.75, 3.05) is 0 Å². The molecule has 0 aromatic heterocycles. The Labute approximate surface area is 231 Å². The summed E-state index contributed by atoms with van der Waals surface area (Å²) in [4.78, 5) is 28.9. The van der Waals surface area contributed by atoms with E-state index in [0.29, 0.717) is 28.8 Å². The second-order valence-corrected chi connectivity index (χ2v) is 10.9. The van der Waals surface area contributed by atoms with Gasteiger partial charge in [0.1, 0.15) is 6.04 Å². The summed E-state index contributed by atoms with van der Waals surface area (Å²) in [5.41, 5.74) is 4.09. The summed E-state index contributed by atoms with van der Waals surface area (Å²) in [6, 6.07) is 22.6. The van der Waals surface area contributed by atoms with Gasteiger partial charge in [-0.1, -0.05) is 97.7 Å². The van der Waals surface area contributed by atoms with Gasteiger partial charge in [-0.25, -0.2) is 0 Å². The Morgan fingerprint density at radius 3 is 2.14 bits per heavy atom. The van der Waals surface area contributed by atoms with E-state index in [-0.39, 0.29) is 30.8 Å². The van der Waals surface area contributed by atoms with E-state index in [4.69, 9.17) is 23.2 Å². The number of rotatable bonds is 11. The zero-order chi connectivity index (χ0) is 26.9. The first kappa shape index (κ1) is 28.7. The third-order valence-corrected chi connectivity index (χ3v) is 6.92. The maximum absolute atomic E-state index is 13.8. The molecule has 0 unspecified atom stereocenters. The second kappa shape index (κ2) is 13.6. The molecule has 0 aliphatic rings. The first-order valence-corrected chi connectivity index (χ1v) is 13.6. The minimum absolute atomic E-state index is 0.0543. The van der Waals surface area contributed by atoms with Crippen molar-refractivity contribution in [1.29, 1.82) is 0 Å². The number of nitrogens with zero attached hydrogens (tertiary/aromatic N) is 1. The maximum Gasteiger partial charge on any atom is 0.243 e. The van der Waals surface area contributed by atoms with Crippen molar-refractivity contribution in [3.05, 3.63) is 105 Å². The van der Waals surface area contributed by atoms with Gasteiger partial charge < -0.3 is 10.2 Å². The number of nitrogens with one attached hydrogen (secondary N) is 1. The molecule has 1 atom stereocenters. The van der Waals surface area contributed by atoms with Crippen LogP contribution in [0.2, 0.25) is 10.0 Å². The highest BCUT2D eigenvalue weighted by Crippen LogP contribution is 2.25. The molecule has 0 saturated carbocycles. The Bertz CT molecular complexity index is 1180. The molecule has 196 valence electrons. The van der Waals surface area contributed by atoms with E-state index in [2.05, 4.69) is 43.4 Å². The summed E-state index contributed by atoms with van der Waals surface area (Å²) >= 11 is 12.6. The molecule has 0 aliphatic carbocycles. The Balaban J connectivity index is 1.91. The number of carbonyl (C=O) groups excluding carboxylic acids is 2. The number of benzene rings is 3. The van der Waals surface area contributed by atoms with Crippen LogP contribution in [0, 0.1) is 0 Å². The largest absolute Gasteiger partial charge is 0.352 e. The van der Waals surface area contributed by atoms with E-state index in [0.717, 1.165) is 16.7 Å². The molecule has 0 aliphatic heterocycles. The lowest BCUT2D eigenvalue weighted by atomic mass is 9.99. The van der Waals surface area contributed by atoms with Gasteiger partial charge in [-0.05, 0) is 60.6 Å². The third-order valence-electron chi connectivity index (χ3n) is 6.33. The molecule has 0 fully saturated rings. The molecule has 0 saturated heterocycles. The van der Waals surface area contributed by atoms with Crippen LogP contribution in [-0.2, 0) is 29.0 Å². The molecule has 37 heavy (non-hydrogen) atoms. The Kier molecular flexibility index (Phi) is 10.6. The van der Waals surface area contributed by atoms with Crippen molar-refractivity contribution in [1.82, 2.24) is 10.2 Å². The quantitative estimate of drug-likeness (QED) is 0.280. The second-order valence-electron chi connectivity index (χ2n) is 10.0. The lowest BCUT2D eigenvalue weighted by Gasteiger charge is -2.32. The molecule has 6 heteroatoms. The van der Waals surface area contributed by atoms with Gasteiger partial charge in [-0.3, -0.25) is 9.59 Å². The summed E-state index contributed by atoms with van der Waals surface area (Å²) < 4.78 is 0. The van der Waals surface area contributed by atoms with Crippen molar-refractivity contribution in [2.24, 2.45) is 0 Å². The number of halogens is 2. The fourth-order valence-corrected chi connectivity index (χ4v) is 4.70. The van der Waals surface area contributed by atoms with Gasteiger partial charge >= 0.3 is 0 Å². The average Bonchev–Trinajstić information content (AvgIpc) is 2.86. The molecule has 0 spiro atoms. The van der Waals surface area contributed by atoms with Gasteiger partial charge in [0.2, 0.25) is 11.8 Å². The average molecular weight is 540 g/mol. The molecule has 3 aromatic rings. The van der Waals surface area contributed by atoms with Crippen molar-refractivity contribution >= 4 is 35.0 Å². The van der Waals surface area contributed by atoms with E-state index in [1.165, 1.54) is 5.56 Å². The number of carbonyl (C=O) groups is 2. The van der Waals surface area contributed by atoms with Gasteiger partial charge in [-0.15, -0.1) is 0 Å². The molecular weight excluding hydrogens is 503 g/mol. The molecular formula is C31H36Cl2N2O2. The number of hydrogen-bond donors (Lipinski definition) is 1. The van der Waals surface area contributed by atoms with Crippen LogP contribution in [0.1, 0.15) is 62.3 Å². The summed E-state index contributed by atoms with van der Waals surface area (Å²) in [6.07, 6.45) is 1.28. The topological polar surface area (TPSA) is 49.4 Å². The van der Waals surface area contributed by atoms with Crippen LogP contribution in [-0.4, -0.2) is 28.8 Å². The molecule has 3 rings (SSSR count). The molecule has 1 N–H and O–H groups in total. The van der Waals surface area contributed by atoms with Crippen LogP contribution in [0.3, 0.4) is 0 Å². The highest BCUT2D eigenvalue weighted by molar-refractivity contribution is 6.35. The predicted octanol–water partition coefficient (Wildman–Crippen LogP) is 7.21. The SMILES string of the molecule is CC(C)NC(=O)[C@@H](Cc1ccccc1)N(Cc1ccc(Cl)cc1Cl)C(=O)CCc1ccc(C(C)C)cc1. The molecule has 3 aromatic carbocycles. The summed E-state index contributed by atoms with van der Waals surface area (Å²) in [5.74, 6) is 0.172. The zero-order valence-corrected chi connectivity index (χ0v) is 23.5. The van der Waals surface area contributed by atoms with Crippen LogP contribution in [0.4, 0.5) is 0 Å². The first-order chi connectivity index (χ1) is 17.6. The van der Waals surface area contributed by atoms with Gasteiger partial charge in [-0.2, -0.15) is 0 Å². The lowest BCUT2D eigenvalue weighted by molar-refractivity contribution is -0.141. The van der Waals surface area contributed by atoms with E-state index >= 15 is 0 Å². The van der Waals surface area contributed by atoms with Crippen LogP contribution >= 0.6 is 23.2 Å². The maximum atomic E-state index is 13.8. The third kappa shape index (κ3) is 8.62. The summed E-state index contributed by atoms with van der Waals surface area (Å²) in [5, 5.41) is 4.00. The van der Waals surface area contributed by atoms with E-state index in [1.54, 1.807) is 17.0 Å². The minimum atomic E-state index is -0.688. The molecule has 2 amide bonds. The van der Waals surface area contributed by atoms with E-state index in [9.17, 15) is 9.59 Å². The van der Waals surface area contributed by atoms with Crippen molar-refractivity contribution < 1.29 is 9.59 Å². The molecule has 4 nitrogen and oxygen atoms in total. The minimum Gasteiger partial charge on any atom is -0.352 e. The van der Waals surface area contributed by atoms with Gasteiger partial charge in [0.25, 0.3) is 0 Å². The van der Waals surface area contributed by atoms with Gasteiger partial charge in [0.15, 0.2) is 0 Å². The van der Waals surface area contributed by atoms with Crippen LogP contribution in [0.15, 0.2) is 72.8 Å². The Morgan fingerprint density at radius 1 is 0.865 bits per heavy atom. The Hall–Kier alpha value is -2.82. The normalized spacial score (nSPS) is 12.0. The van der Waals surface area contributed by atoms with E-state index in [1.807, 2.05) is 50.2 Å². The highest BCUT2D eigenvalue weighted by atomic mass is 35.5. The number of amides is 2. The standard InChI is InChI=1S/C31H36Cl2N2O2/c1-21(2)25-13-10-23(11-14-25)12-17-30(36)35(20-26-15-16-27(32)19-28(26)33)29(31(37)34-22(3)4)18-24-8-6-5-7-9-24/h5-11,13-16,19,21-22,29H,12,17-18,20H2,1-4H3,(H,34,37)/t29-/m1/s1. The smallest absolute Gasteiger partial charge is 0.243 e. The van der Waals surface area contributed by atoms with Crippen molar-refractivity contribution in [2.45, 2.75) is 71.5 Å². The Morgan fingerprint density at radius 2 is 1.54 bits per heavy atom. The fourth-order valence-electron chi connectivity index (χ4n) is 4.23. The molecule has 0 radical (unpaired) electrons. The van der Waals surface area contributed by atoms with E-state index < -0.39 is 6.04 Å².